The highest BCUT2D eigenvalue weighted by atomic mass is 35.5. The molecule has 3 rings (SSSR count). The number of hydrogen-bond donors (Lipinski definition) is 0. The van der Waals surface area contributed by atoms with Crippen molar-refractivity contribution in [3.05, 3.63) is 34.6 Å². The van der Waals surface area contributed by atoms with Crippen molar-refractivity contribution in [3.63, 3.8) is 0 Å². The second kappa shape index (κ2) is 12.1. The molecular formula is C27H40ClFO. The van der Waals surface area contributed by atoms with Gasteiger partial charge in [0.15, 0.2) is 5.82 Å². The van der Waals surface area contributed by atoms with E-state index in [0.717, 1.165) is 17.8 Å². The molecule has 0 aliphatic heterocycles. The quantitative estimate of drug-likeness (QED) is 0.352. The van der Waals surface area contributed by atoms with Crippen LogP contribution in [-0.2, 0) is 0 Å². The summed E-state index contributed by atoms with van der Waals surface area (Å²) in [5, 5.41) is 0.0907. The highest BCUT2D eigenvalue weighted by Crippen LogP contribution is 2.42. The van der Waals surface area contributed by atoms with Gasteiger partial charge < -0.3 is 4.74 Å². The zero-order valence-corrected chi connectivity index (χ0v) is 19.7. The summed E-state index contributed by atoms with van der Waals surface area (Å²) in [5.41, 5.74) is 0.562. The maximum Gasteiger partial charge on any atom is 0.152 e. The van der Waals surface area contributed by atoms with Gasteiger partial charge in [-0.05, 0) is 81.3 Å². The molecule has 0 radical (unpaired) electrons. The van der Waals surface area contributed by atoms with Crippen LogP contribution in [0.1, 0.15) is 96.5 Å². The van der Waals surface area contributed by atoms with Crippen molar-refractivity contribution < 1.29 is 9.13 Å². The van der Waals surface area contributed by atoms with Crippen LogP contribution < -0.4 is 4.74 Å². The van der Waals surface area contributed by atoms with E-state index in [1.165, 1.54) is 77.0 Å². The monoisotopic (exact) mass is 434 g/mol. The highest BCUT2D eigenvalue weighted by molar-refractivity contribution is 6.32. The number of unbranched alkanes of at least 4 members (excludes halogenated alkanes) is 2. The predicted molar refractivity (Wildman–Crippen MR) is 127 cm³/mol. The molecule has 2 aliphatic carbocycles. The Kier molecular flexibility index (Phi) is 9.56. The minimum Gasteiger partial charge on any atom is -0.492 e. The molecule has 168 valence electrons. The lowest BCUT2D eigenvalue weighted by Gasteiger charge is -2.37. The third-order valence-electron chi connectivity index (χ3n) is 7.52. The second-order valence-electron chi connectivity index (χ2n) is 9.52. The van der Waals surface area contributed by atoms with E-state index in [1.54, 1.807) is 12.1 Å². The summed E-state index contributed by atoms with van der Waals surface area (Å²) in [5.74, 6) is 3.50. The van der Waals surface area contributed by atoms with Gasteiger partial charge >= 0.3 is 0 Å². The molecule has 0 unspecified atom stereocenters. The van der Waals surface area contributed by atoms with Crippen molar-refractivity contribution in [1.82, 2.24) is 0 Å². The summed E-state index contributed by atoms with van der Waals surface area (Å²) in [4.78, 5) is 0. The molecule has 30 heavy (non-hydrogen) atoms. The van der Waals surface area contributed by atoms with Gasteiger partial charge in [-0.2, -0.15) is 0 Å². The van der Waals surface area contributed by atoms with Gasteiger partial charge in [-0.15, -0.1) is 0 Å². The molecule has 0 aromatic heterocycles. The van der Waals surface area contributed by atoms with Crippen LogP contribution in [0.2, 0.25) is 5.02 Å². The first-order valence-electron chi connectivity index (χ1n) is 12.4. The van der Waals surface area contributed by atoms with Crippen molar-refractivity contribution in [3.8, 4) is 5.75 Å². The minimum absolute atomic E-state index is 0.0907. The molecular weight excluding hydrogens is 395 g/mol. The molecule has 2 fully saturated rings. The normalized spacial score (nSPS) is 27.5. The SMILES string of the molecule is CCCCCC1CCC(C2CCC(/C=C/c3ccc(OCC)c(Cl)c3F)CC2)CC1. The number of benzene rings is 1. The lowest BCUT2D eigenvalue weighted by Crippen LogP contribution is -2.25. The summed E-state index contributed by atoms with van der Waals surface area (Å²) in [6.07, 6.45) is 20.8. The van der Waals surface area contributed by atoms with Crippen LogP contribution in [0, 0.1) is 29.5 Å². The van der Waals surface area contributed by atoms with Crippen LogP contribution in [0.15, 0.2) is 18.2 Å². The average Bonchev–Trinajstić information content (AvgIpc) is 2.78. The fourth-order valence-electron chi connectivity index (χ4n) is 5.62. The van der Waals surface area contributed by atoms with E-state index in [0.29, 0.717) is 23.8 Å². The first kappa shape index (κ1) is 23.6. The molecule has 0 heterocycles. The number of halogens is 2. The number of hydrogen-bond acceptors (Lipinski definition) is 1. The summed E-state index contributed by atoms with van der Waals surface area (Å²) in [6, 6.07) is 3.54. The molecule has 0 N–H and O–H groups in total. The Bertz CT molecular complexity index is 670. The van der Waals surface area contributed by atoms with E-state index in [9.17, 15) is 4.39 Å². The van der Waals surface area contributed by atoms with Crippen molar-refractivity contribution in [2.24, 2.45) is 23.7 Å². The van der Waals surface area contributed by atoms with Gasteiger partial charge in [-0.25, -0.2) is 4.39 Å². The Hall–Kier alpha value is -1.02. The molecule has 0 bridgehead atoms. The topological polar surface area (TPSA) is 9.23 Å². The molecule has 0 saturated heterocycles. The number of ether oxygens (including phenoxy) is 1. The molecule has 3 heteroatoms. The Morgan fingerprint density at radius 3 is 2.27 bits per heavy atom. The summed E-state index contributed by atoms with van der Waals surface area (Å²) >= 11 is 6.12. The fourth-order valence-corrected chi connectivity index (χ4v) is 5.85. The van der Waals surface area contributed by atoms with Crippen LogP contribution in [0.5, 0.6) is 5.75 Å². The maximum atomic E-state index is 14.5. The molecule has 1 aromatic rings. The van der Waals surface area contributed by atoms with Gasteiger partial charge in [-0.1, -0.05) is 69.2 Å². The first-order valence-corrected chi connectivity index (χ1v) is 12.8. The Balaban J connectivity index is 1.43. The molecule has 1 nitrogen and oxygen atoms in total. The summed E-state index contributed by atoms with van der Waals surface area (Å²) in [6.45, 7) is 4.65. The highest BCUT2D eigenvalue weighted by Gasteiger charge is 2.30. The zero-order chi connectivity index (χ0) is 21.3. The standard InChI is InChI=1S/C27H40ClFO/c1-3-5-6-7-20-8-13-22(14-9-20)23-15-10-21(11-16-23)12-17-24-18-19-25(30-4-2)26(28)27(24)29/h12,17-23H,3-11,13-16H2,1-2H3/b17-12+. The average molecular weight is 435 g/mol. The van der Waals surface area contributed by atoms with Gasteiger partial charge in [0, 0.05) is 5.56 Å². The van der Waals surface area contributed by atoms with E-state index in [-0.39, 0.29) is 10.8 Å². The van der Waals surface area contributed by atoms with E-state index in [4.69, 9.17) is 16.3 Å². The van der Waals surface area contributed by atoms with Crippen molar-refractivity contribution in [2.75, 3.05) is 6.61 Å². The smallest absolute Gasteiger partial charge is 0.152 e. The summed E-state index contributed by atoms with van der Waals surface area (Å²) in [7, 11) is 0. The van der Waals surface area contributed by atoms with E-state index >= 15 is 0 Å². The van der Waals surface area contributed by atoms with Gasteiger partial charge in [0.25, 0.3) is 0 Å². The van der Waals surface area contributed by atoms with Crippen molar-refractivity contribution in [2.45, 2.75) is 90.9 Å². The van der Waals surface area contributed by atoms with Gasteiger partial charge in [0.1, 0.15) is 10.8 Å². The van der Waals surface area contributed by atoms with Crippen LogP contribution in [-0.4, -0.2) is 6.61 Å². The molecule has 0 amide bonds. The van der Waals surface area contributed by atoms with E-state index in [2.05, 4.69) is 13.0 Å². The Morgan fingerprint density at radius 2 is 1.63 bits per heavy atom. The van der Waals surface area contributed by atoms with E-state index < -0.39 is 0 Å². The first-order chi connectivity index (χ1) is 14.6. The lowest BCUT2D eigenvalue weighted by molar-refractivity contribution is 0.151. The van der Waals surface area contributed by atoms with E-state index in [1.807, 2.05) is 13.0 Å². The van der Waals surface area contributed by atoms with Crippen LogP contribution in [0.4, 0.5) is 4.39 Å². The lowest BCUT2D eigenvalue weighted by atomic mass is 9.68. The van der Waals surface area contributed by atoms with Crippen molar-refractivity contribution in [1.29, 1.82) is 0 Å². The Morgan fingerprint density at radius 1 is 0.967 bits per heavy atom. The third-order valence-corrected chi connectivity index (χ3v) is 7.87. The zero-order valence-electron chi connectivity index (χ0n) is 19.0. The van der Waals surface area contributed by atoms with Crippen LogP contribution in [0.3, 0.4) is 0 Å². The number of allylic oxidation sites excluding steroid dienone is 1. The van der Waals surface area contributed by atoms with Crippen molar-refractivity contribution >= 4 is 17.7 Å². The third kappa shape index (κ3) is 6.49. The Labute approximate surface area is 188 Å². The van der Waals surface area contributed by atoms with Gasteiger partial charge in [0.05, 0.1) is 6.61 Å². The number of rotatable bonds is 9. The molecule has 2 saturated carbocycles. The summed E-state index contributed by atoms with van der Waals surface area (Å²) < 4.78 is 19.9. The molecule has 2 aliphatic rings. The minimum atomic E-state index is -0.372. The predicted octanol–water partition coefficient (Wildman–Crippen LogP) is 9.08. The molecule has 0 spiro atoms. The van der Waals surface area contributed by atoms with Crippen LogP contribution in [0.25, 0.3) is 6.08 Å². The molecule has 1 aromatic carbocycles. The second-order valence-corrected chi connectivity index (χ2v) is 9.90. The maximum absolute atomic E-state index is 14.5. The van der Waals surface area contributed by atoms with Crippen LogP contribution >= 0.6 is 11.6 Å². The van der Waals surface area contributed by atoms with Gasteiger partial charge in [0.2, 0.25) is 0 Å². The largest absolute Gasteiger partial charge is 0.492 e. The molecule has 0 atom stereocenters. The fraction of sp³-hybridized carbons (Fsp3) is 0.704. The van der Waals surface area contributed by atoms with Gasteiger partial charge in [-0.3, -0.25) is 0 Å².